The molecule has 1 unspecified atom stereocenters. The SMILES string of the molecule is CC(C)(F)S(=O)[O-].[Na+]. The number of rotatable bonds is 1. The summed E-state index contributed by atoms with van der Waals surface area (Å²) in [4.78, 5) is 0. The Labute approximate surface area is 72.4 Å². The molecule has 0 aromatic heterocycles. The Morgan fingerprint density at radius 3 is 1.75 bits per heavy atom. The van der Waals surface area contributed by atoms with E-state index in [9.17, 15) is 13.2 Å². The minimum Gasteiger partial charge on any atom is -0.770 e. The molecule has 0 fully saturated rings. The molecular weight excluding hydrogens is 142 g/mol. The Balaban J connectivity index is 0. The van der Waals surface area contributed by atoms with Crippen molar-refractivity contribution in [2.45, 2.75) is 18.8 Å². The maximum absolute atomic E-state index is 11.9. The van der Waals surface area contributed by atoms with Crippen molar-refractivity contribution in [2.24, 2.45) is 0 Å². The zero-order valence-electron chi connectivity index (χ0n) is 5.10. The fourth-order valence-corrected chi connectivity index (χ4v) is 0. The smallest absolute Gasteiger partial charge is 0.770 e. The molecule has 0 rings (SSSR count). The molecule has 0 radical (unpaired) electrons. The van der Waals surface area contributed by atoms with E-state index in [1.807, 2.05) is 0 Å². The van der Waals surface area contributed by atoms with E-state index in [4.69, 9.17) is 0 Å². The van der Waals surface area contributed by atoms with Crippen molar-refractivity contribution in [1.82, 2.24) is 0 Å². The van der Waals surface area contributed by atoms with Crippen LogP contribution in [0.15, 0.2) is 0 Å². The van der Waals surface area contributed by atoms with Crippen LogP contribution in [0.2, 0.25) is 0 Å². The van der Waals surface area contributed by atoms with Crippen LogP contribution in [-0.4, -0.2) is 13.8 Å². The molecule has 0 N–H and O–H groups in total. The third-order valence-corrected chi connectivity index (χ3v) is 1.19. The van der Waals surface area contributed by atoms with E-state index < -0.39 is 16.1 Å². The van der Waals surface area contributed by atoms with Gasteiger partial charge in [0.2, 0.25) is 0 Å². The maximum Gasteiger partial charge on any atom is 1.00 e. The van der Waals surface area contributed by atoms with Crippen molar-refractivity contribution >= 4 is 11.1 Å². The van der Waals surface area contributed by atoms with Crippen LogP contribution < -0.4 is 29.6 Å². The summed E-state index contributed by atoms with van der Waals surface area (Å²) in [7, 11) is 0. The van der Waals surface area contributed by atoms with Crippen molar-refractivity contribution < 1.29 is 42.7 Å². The number of alkyl halides is 1. The van der Waals surface area contributed by atoms with Crippen molar-refractivity contribution in [3.63, 3.8) is 0 Å². The first-order valence-electron chi connectivity index (χ1n) is 1.73. The second kappa shape index (κ2) is 3.95. The quantitative estimate of drug-likeness (QED) is 0.306. The molecule has 0 heterocycles. The molecule has 0 aliphatic rings. The molecule has 0 bridgehead atoms. The molecule has 0 saturated heterocycles. The van der Waals surface area contributed by atoms with E-state index >= 15 is 0 Å². The number of hydrogen-bond donors (Lipinski definition) is 0. The Morgan fingerprint density at radius 2 is 1.75 bits per heavy atom. The Bertz CT molecular complexity index is 89.8. The molecular formula is C3H6FNaO2S. The zero-order valence-corrected chi connectivity index (χ0v) is 7.92. The molecule has 0 saturated carbocycles. The minimum atomic E-state index is -2.60. The molecule has 5 heteroatoms. The van der Waals surface area contributed by atoms with Gasteiger partial charge in [0.15, 0.2) is 5.00 Å². The van der Waals surface area contributed by atoms with Gasteiger partial charge in [-0.25, -0.2) is 4.39 Å². The summed E-state index contributed by atoms with van der Waals surface area (Å²) in [5.74, 6) is 0. The molecule has 0 aromatic rings. The van der Waals surface area contributed by atoms with Gasteiger partial charge >= 0.3 is 29.6 Å². The summed E-state index contributed by atoms with van der Waals surface area (Å²) in [6.07, 6.45) is 0. The summed E-state index contributed by atoms with van der Waals surface area (Å²) in [5.41, 5.74) is 0. The fraction of sp³-hybridized carbons (Fsp3) is 1.00. The second-order valence-electron chi connectivity index (χ2n) is 1.60. The zero-order chi connectivity index (χ0) is 6.08. The summed E-state index contributed by atoms with van der Waals surface area (Å²) >= 11 is -2.60. The third-order valence-electron chi connectivity index (χ3n) is 0.396. The monoisotopic (exact) mass is 148 g/mol. The largest absolute Gasteiger partial charge is 1.00 e. The summed E-state index contributed by atoms with van der Waals surface area (Å²) in [6, 6.07) is 0. The Hall–Kier alpha value is 1.04. The van der Waals surface area contributed by atoms with Crippen LogP contribution in [0.5, 0.6) is 0 Å². The van der Waals surface area contributed by atoms with Crippen LogP contribution in [0.4, 0.5) is 4.39 Å². The van der Waals surface area contributed by atoms with Crippen molar-refractivity contribution in [1.29, 1.82) is 0 Å². The van der Waals surface area contributed by atoms with Gasteiger partial charge in [0.05, 0.1) is 0 Å². The molecule has 0 aromatic carbocycles. The average Bonchev–Trinajstić information content (AvgIpc) is 1.31. The van der Waals surface area contributed by atoms with Gasteiger partial charge in [-0.2, -0.15) is 0 Å². The van der Waals surface area contributed by atoms with Gasteiger partial charge in [0, 0.05) is 0 Å². The molecule has 0 aliphatic carbocycles. The summed E-state index contributed by atoms with van der Waals surface area (Å²) in [5, 5.41) is -2.08. The predicted octanol–water partition coefficient (Wildman–Crippen LogP) is -2.42. The van der Waals surface area contributed by atoms with Crippen LogP contribution in [0.1, 0.15) is 13.8 Å². The van der Waals surface area contributed by atoms with Gasteiger partial charge in [-0.15, -0.1) is 0 Å². The first-order chi connectivity index (χ1) is 2.94. The van der Waals surface area contributed by atoms with Gasteiger partial charge in [-0.1, -0.05) is 0 Å². The first-order valence-corrected chi connectivity index (χ1v) is 2.80. The number of halogens is 1. The normalized spacial score (nSPS) is 14.5. The van der Waals surface area contributed by atoms with Crippen molar-refractivity contribution in [3.05, 3.63) is 0 Å². The van der Waals surface area contributed by atoms with E-state index in [0.29, 0.717) is 0 Å². The standard InChI is InChI=1S/C3H7FO2S.Na/c1-3(2,4)7(5)6;/h1-2H3,(H,5,6);/q;+1/p-1. The Kier molecular flexibility index (Phi) is 5.83. The summed E-state index contributed by atoms with van der Waals surface area (Å²) < 4.78 is 31.2. The third kappa shape index (κ3) is 5.18. The van der Waals surface area contributed by atoms with E-state index in [1.165, 1.54) is 0 Å². The maximum atomic E-state index is 11.9. The van der Waals surface area contributed by atoms with E-state index in [2.05, 4.69) is 0 Å². The first kappa shape index (κ1) is 11.8. The van der Waals surface area contributed by atoms with Gasteiger partial charge in [-0.3, -0.25) is 4.21 Å². The minimum absolute atomic E-state index is 0. The van der Waals surface area contributed by atoms with E-state index in [0.717, 1.165) is 13.8 Å². The van der Waals surface area contributed by atoms with Crippen LogP contribution >= 0.6 is 0 Å². The topological polar surface area (TPSA) is 40.1 Å². The molecule has 8 heavy (non-hydrogen) atoms. The van der Waals surface area contributed by atoms with Gasteiger partial charge < -0.3 is 4.55 Å². The van der Waals surface area contributed by atoms with Crippen LogP contribution in [0.3, 0.4) is 0 Å². The molecule has 0 aliphatic heterocycles. The van der Waals surface area contributed by atoms with E-state index in [1.54, 1.807) is 0 Å². The van der Waals surface area contributed by atoms with E-state index in [-0.39, 0.29) is 29.6 Å². The predicted molar refractivity (Wildman–Crippen MR) is 24.1 cm³/mol. The van der Waals surface area contributed by atoms with Crippen LogP contribution in [0, 0.1) is 0 Å². The average molecular weight is 148 g/mol. The summed E-state index contributed by atoms with van der Waals surface area (Å²) in [6.45, 7) is 1.96. The number of hydrogen-bond acceptors (Lipinski definition) is 2. The molecule has 1 atom stereocenters. The van der Waals surface area contributed by atoms with Crippen molar-refractivity contribution in [3.8, 4) is 0 Å². The van der Waals surface area contributed by atoms with Crippen molar-refractivity contribution in [2.75, 3.05) is 0 Å². The van der Waals surface area contributed by atoms with Gasteiger partial charge in [-0.05, 0) is 24.9 Å². The van der Waals surface area contributed by atoms with Gasteiger partial charge in [0.1, 0.15) is 0 Å². The molecule has 0 amide bonds. The Morgan fingerprint density at radius 1 is 1.62 bits per heavy atom. The van der Waals surface area contributed by atoms with Crippen LogP contribution in [-0.2, 0) is 11.1 Å². The van der Waals surface area contributed by atoms with Gasteiger partial charge in [0.25, 0.3) is 0 Å². The molecule has 0 spiro atoms. The fourth-order valence-electron chi connectivity index (χ4n) is 0. The second-order valence-corrected chi connectivity index (χ2v) is 3.04. The van der Waals surface area contributed by atoms with Crippen LogP contribution in [0.25, 0.3) is 0 Å². The molecule has 2 nitrogen and oxygen atoms in total. The molecule has 44 valence electrons.